The number of carbonyl (C=O) groups is 1. The topological polar surface area (TPSA) is 56.5 Å². The van der Waals surface area contributed by atoms with E-state index in [1.807, 2.05) is 25.1 Å². The van der Waals surface area contributed by atoms with Crippen LogP contribution < -0.4 is 10.4 Å². The molecule has 5 heteroatoms. The highest BCUT2D eigenvalue weighted by molar-refractivity contribution is 6.30. The first-order valence-electron chi connectivity index (χ1n) is 9.07. The van der Waals surface area contributed by atoms with Crippen molar-refractivity contribution in [3.05, 3.63) is 110 Å². The van der Waals surface area contributed by atoms with Crippen molar-refractivity contribution in [2.75, 3.05) is 0 Å². The smallest absolute Gasteiger partial charge is 0.336 e. The van der Waals surface area contributed by atoms with E-state index >= 15 is 0 Å². The monoisotopic (exact) mass is 404 g/mol. The predicted octanol–water partition coefficient (Wildman–Crippen LogP) is 5.56. The molecule has 0 aliphatic carbocycles. The molecule has 144 valence electrons. The molecule has 0 N–H and O–H groups in total. The second-order valence-corrected chi connectivity index (χ2v) is 7.11. The molecule has 0 spiro atoms. The van der Waals surface area contributed by atoms with E-state index in [-0.39, 0.29) is 23.5 Å². The van der Waals surface area contributed by atoms with Gasteiger partial charge in [0.1, 0.15) is 17.9 Å². The van der Waals surface area contributed by atoms with Crippen LogP contribution >= 0.6 is 11.6 Å². The first-order valence-corrected chi connectivity index (χ1v) is 9.45. The number of hydrogen-bond acceptors (Lipinski definition) is 4. The van der Waals surface area contributed by atoms with Crippen LogP contribution in [0.3, 0.4) is 0 Å². The molecular weight excluding hydrogens is 388 g/mol. The Morgan fingerprint density at radius 2 is 1.72 bits per heavy atom. The first kappa shape index (κ1) is 19.0. The fourth-order valence-electron chi connectivity index (χ4n) is 3.18. The molecule has 0 aliphatic heterocycles. The number of rotatable bonds is 5. The summed E-state index contributed by atoms with van der Waals surface area (Å²) in [5, 5.41) is 1.33. The summed E-state index contributed by atoms with van der Waals surface area (Å²) in [6.07, 6.45) is 0. The van der Waals surface area contributed by atoms with E-state index in [9.17, 15) is 9.59 Å². The Kier molecular flexibility index (Phi) is 5.19. The quantitative estimate of drug-likeness (QED) is 0.322. The van der Waals surface area contributed by atoms with Crippen LogP contribution in [-0.4, -0.2) is 5.78 Å². The number of ether oxygens (including phenoxy) is 1. The Balaban J connectivity index is 1.83. The molecule has 0 unspecified atom stereocenters. The van der Waals surface area contributed by atoms with Crippen LogP contribution in [-0.2, 0) is 6.61 Å². The van der Waals surface area contributed by atoms with Crippen LogP contribution in [0.25, 0.3) is 11.0 Å². The third-order valence-corrected chi connectivity index (χ3v) is 4.90. The lowest BCUT2D eigenvalue weighted by molar-refractivity contribution is 0.103. The molecule has 29 heavy (non-hydrogen) atoms. The second-order valence-electron chi connectivity index (χ2n) is 6.67. The maximum absolute atomic E-state index is 13.3. The summed E-state index contributed by atoms with van der Waals surface area (Å²) in [5.74, 6) is 0.0890. The average Bonchev–Trinajstić information content (AvgIpc) is 2.73. The highest BCUT2D eigenvalue weighted by Crippen LogP contribution is 2.31. The van der Waals surface area contributed by atoms with Gasteiger partial charge in [-0.2, -0.15) is 0 Å². The largest absolute Gasteiger partial charge is 0.488 e. The lowest BCUT2D eigenvalue weighted by atomic mass is 9.98. The normalized spacial score (nSPS) is 10.8. The first-order chi connectivity index (χ1) is 14.0. The van der Waals surface area contributed by atoms with E-state index < -0.39 is 5.63 Å². The molecule has 4 rings (SSSR count). The molecule has 0 amide bonds. The molecule has 4 aromatic rings. The third-order valence-electron chi connectivity index (χ3n) is 4.65. The zero-order chi connectivity index (χ0) is 20.4. The van der Waals surface area contributed by atoms with E-state index in [0.29, 0.717) is 21.7 Å². The molecule has 0 atom stereocenters. The van der Waals surface area contributed by atoms with Crippen molar-refractivity contribution in [2.45, 2.75) is 13.5 Å². The summed E-state index contributed by atoms with van der Waals surface area (Å²) in [4.78, 5) is 25.3. The predicted molar refractivity (Wildman–Crippen MR) is 113 cm³/mol. The van der Waals surface area contributed by atoms with E-state index in [4.69, 9.17) is 20.8 Å². The van der Waals surface area contributed by atoms with Crippen LogP contribution in [0.2, 0.25) is 5.02 Å². The van der Waals surface area contributed by atoms with Crippen molar-refractivity contribution < 1.29 is 13.9 Å². The van der Waals surface area contributed by atoms with Crippen molar-refractivity contribution in [3.63, 3.8) is 0 Å². The Morgan fingerprint density at radius 3 is 2.45 bits per heavy atom. The molecule has 0 radical (unpaired) electrons. The van der Waals surface area contributed by atoms with Crippen molar-refractivity contribution >= 4 is 28.4 Å². The van der Waals surface area contributed by atoms with E-state index in [0.717, 1.165) is 11.1 Å². The van der Waals surface area contributed by atoms with Crippen molar-refractivity contribution in [2.24, 2.45) is 0 Å². The summed E-state index contributed by atoms with van der Waals surface area (Å²) in [7, 11) is 0. The average molecular weight is 405 g/mol. The fourth-order valence-corrected chi connectivity index (χ4v) is 3.30. The Morgan fingerprint density at radius 1 is 1.00 bits per heavy atom. The molecular formula is C24H17ClO4. The van der Waals surface area contributed by atoms with Gasteiger partial charge in [0.15, 0.2) is 5.58 Å². The second kappa shape index (κ2) is 7.94. The molecule has 0 aliphatic rings. The molecule has 1 aromatic heterocycles. The number of halogens is 1. The van der Waals surface area contributed by atoms with Gasteiger partial charge in [0.05, 0.1) is 0 Å². The Labute approximate surface area is 172 Å². The molecule has 4 nitrogen and oxygen atoms in total. The molecule has 0 saturated heterocycles. The van der Waals surface area contributed by atoms with Gasteiger partial charge in [0.25, 0.3) is 0 Å². The van der Waals surface area contributed by atoms with Gasteiger partial charge < -0.3 is 9.15 Å². The summed E-state index contributed by atoms with van der Waals surface area (Å²) in [5.41, 5.74) is 2.09. The van der Waals surface area contributed by atoms with Crippen LogP contribution in [0.5, 0.6) is 5.75 Å². The minimum absolute atomic E-state index is 0.234. The van der Waals surface area contributed by atoms with E-state index in [2.05, 4.69) is 0 Å². The number of hydrogen-bond donors (Lipinski definition) is 0. The fraction of sp³-hybridized carbons (Fsp3) is 0.0833. The molecule has 1 heterocycles. The molecule has 0 fully saturated rings. The van der Waals surface area contributed by atoms with Gasteiger partial charge in [-0.15, -0.1) is 0 Å². The van der Waals surface area contributed by atoms with Gasteiger partial charge in [-0.25, -0.2) is 4.79 Å². The third kappa shape index (κ3) is 3.93. The summed E-state index contributed by atoms with van der Waals surface area (Å²) in [6, 6.07) is 21.1. The standard InChI is InChI=1S/C24H17ClO4/c1-15-13-21(26)29-24-19(15)11-12-20(28-14-16-7-9-18(25)10-8-16)22(24)23(27)17-5-3-2-4-6-17/h2-13H,14H2,1H3. The van der Waals surface area contributed by atoms with Crippen molar-refractivity contribution in [3.8, 4) is 5.75 Å². The van der Waals surface area contributed by atoms with Crippen LogP contribution in [0.1, 0.15) is 27.0 Å². The number of benzene rings is 3. The van der Waals surface area contributed by atoms with Gasteiger partial charge in [-0.1, -0.05) is 54.1 Å². The molecule has 0 bridgehead atoms. The minimum atomic E-state index is -0.507. The lowest BCUT2D eigenvalue weighted by Gasteiger charge is -2.14. The van der Waals surface area contributed by atoms with Gasteiger partial charge >= 0.3 is 5.63 Å². The maximum Gasteiger partial charge on any atom is 0.336 e. The maximum atomic E-state index is 13.3. The summed E-state index contributed by atoms with van der Waals surface area (Å²) < 4.78 is 11.4. The summed E-state index contributed by atoms with van der Waals surface area (Å²) in [6.45, 7) is 2.05. The number of aryl methyl sites for hydroxylation is 1. The highest BCUT2D eigenvalue weighted by Gasteiger charge is 2.21. The zero-order valence-corrected chi connectivity index (χ0v) is 16.4. The van der Waals surface area contributed by atoms with Crippen molar-refractivity contribution in [1.29, 1.82) is 0 Å². The van der Waals surface area contributed by atoms with E-state index in [1.165, 1.54) is 6.07 Å². The highest BCUT2D eigenvalue weighted by atomic mass is 35.5. The number of ketones is 1. The van der Waals surface area contributed by atoms with Crippen LogP contribution in [0.15, 0.2) is 82.0 Å². The summed E-state index contributed by atoms with van der Waals surface area (Å²) >= 11 is 5.93. The zero-order valence-electron chi connectivity index (χ0n) is 15.6. The molecule has 3 aromatic carbocycles. The minimum Gasteiger partial charge on any atom is -0.488 e. The van der Waals surface area contributed by atoms with Gasteiger partial charge in [0, 0.05) is 22.0 Å². The SMILES string of the molecule is Cc1cc(=O)oc2c(C(=O)c3ccccc3)c(OCc3ccc(Cl)cc3)ccc12. The van der Waals surface area contributed by atoms with Gasteiger partial charge in [0.2, 0.25) is 5.78 Å². The van der Waals surface area contributed by atoms with Gasteiger partial charge in [-0.05, 0) is 42.3 Å². The van der Waals surface area contributed by atoms with Crippen LogP contribution in [0, 0.1) is 6.92 Å². The number of fused-ring (bicyclic) bond motifs is 1. The lowest BCUT2D eigenvalue weighted by Crippen LogP contribution is -2.09. The van der Waals surface area contributed by atoms with Crippen molar-refractivity contribution in [1.82, 2.24) is 0 Å². The van der Waals surface area contributed by atoms with Gasteiger partial charge in [-0.3, -0.25) is 4.79 Å². The Hall–Kier alpha value is -3.37. The number of carbonyl (C=O) groups excluding carboxylic acids is 1. The van der Waals surface area contributed by atoms with E-state index in [1.54, 1.807) is 48.5 Å². The van der Waals surface area contributed by atoms with Crippen LogP contribution in [0.4, 0.5) is 0 Å². The Bertz CT molecular complexity index is 1240. The molecule has 0 saturated carbocycles.